The first-order chi connectivity index (χ1) is 12.8. The summed E-state index contributed by atoms with van der Waals surface area (Å²) in [5, 5.41) is 12.1. The van der Waals surface area contributed by atoms with E-state index in [-0.39, 0.29) is 16.7 Å². The monoisotopic (exact) mass is 410 g/mol. The summed E-state index contributed by atoms with van der Waals surface area (Å²) in [6.45, 7) is 1.03. The van der Waals surface area contributed by atoms with Gasteiger partial charge in [0.1, 0.15) is 22.4 Å². The van der Waals surface area contributed by atoms with Crippen LogP contribution in [-0.4, -0.2) is 38.8 Å². The van der Waals surface area contributed by atoms with E-state index in [2.05, 4.69) is 0 Å². The number of para-hydroxylation sites is 2. The van der Waals surface area contributed by atoms with Crippen LogP contribution in [0, 0.1) is 10.1 Å². The van der Waals surface area contributed by atoms with E-state index in [0.29, 0.717) is 42.4 Å². The zero-order valence-corrected chi connectivity index (χ0v) is 16.2. The molecule has 27 heavy (non-hydrogen) atoms. The molecule has 1 heterocycles. The summed E-state index contributed by atoms with van der Waals surface area (Å²) in [5.41, 5.74) is -0.0513. The van der Waals surface area contributed by atoms with Crippen molar-refractivity contribution in [3.8, 4) is 5.75 Å². The number of hydrogen-bond acceptors (Lipinski definition) is 6. The first-order valence-corrected chi connectivity index (χ1v) is 10.7. The number of rotatable bonds is 5. The average Bonchev–Trinajstić information content (AvgIpc) is 2.63. The van der Waals surface area contributed by atoms with Crippen LogP contribution in [0.5, 0.6) is 5.75 Å². The second-order valence-electron chi connectivity index (χ2n) is 6.39. The lowest BCUT2D eigenvalue weighted by atomic mass is 10.1. The topological polar surface area (TPSA) is 89.8 Å². The Morgan fingerprint density at radius 2 is 1.81 bits per heavy atom. The smallest absolute Gasteiger partial charge is 0.311 e. The standard InChI is InChI=1S/C18H19ClN2O5S/c1-27(24,25)17-8-4-6-15(18(17)21(22)23)20-11-9-13(10-12-20)26-16-7-3-2-5-14(16)19/h2-8,13H,9-12H2,1H3. The van der Waals surface area contributed by atoms with Crippen LogP contribution in [0.25, 0.3) is 0 Å². The van der Waals surface area contributed by atoms with Crippen LogP contribution >= 0.6 is 11.6 Å². The quantitative estimate of drug-likeness (QED) is 0.551. The summed E-state index contributed by atoms with van der Waals surface area (Å²) in [7, 11) is -3.70. The fraction of sp³-hybridized carbons (Fsp3) is 0.333. The molecule has 0 amide bonds. The fourth-order valence-electron chi connectivity index (χ4n) is 3.18. The second-order valence-corrected chi connectivity index (χ2v) is 8.78. The van der Waals surface area contributed by atoms with Crippen molar-refractivity contribution in [2.75, 3.05) is 24.2 Å². The molecular formula is C18H19ClN2O5S. The number of halogens is 1. The van der Waals surface area contributed by atoms with Crippen LogP contribution in [0.1, 0.15) is 12.8 Å². The van der Waals surface area contributed by atoms with Gasteiger partial charge in [0.2, 0.25) is 0 Å². The van der Waals surface area contributed by atoms with E-state index in [1.54, 1.807) is 18.2 Å². The Hall–Kier alpha value is -2.32. The molecule has 1 fully saturated rings. The van der Waals surface area contributed by atoms with Gasteiger partial charge in [0.15, 0.2) is 9.84 Å². The maximum absolute atomic E-state index is 11.9. The van der Waals surface area contributed by atoms with Gasteiger partial charge in [-0.25, -0.2) is 8.42 Å². The number of sulfone groups is 1. The molecular weight excluding hydrogens is 392 g/mol. The molecule has 2 aromatic rings. The van der Waals surface area contributed by atoms with Gasteiger partial charge < -0.3 is 9.64 Å². The summed E-state index contributed by atoms with van der Waals surface area (Å²) >= 11 is 6.12. The van der Waals surface area contributed by atoms with Crippen molar-refractivity contribution in [3.05, 3.63) is 57.6 Å². The van der Waals surface area contributed by atoms with Gasteiger partial charge in [0.05, 0.1) is 9.95 Å². The third kappa shape index (κ3) is 4.33. The van der Waals surface area contributed by atoms with Crippen LogP contribution in [0.3, 0.4) is 0 Å². The predicted molar refractivity (Wildman–Crippen MR) is 104 cm³/mol. The van der Waals surface area contributed by atoms with Gasteiger partial charge in [-0.05, 0) is 24.3 Å². The molecule has 9 heteroatoms. The maximum atomic E-state index is 11.9. The number of piperidine rings is 1. The molecule has 0 atom stereocenters. The van der Waals surface area contributed by atoms with Crippen molar-refractivity contribution in [2.45, 2.75) is 23.8 Å². The molecule has 0 saturated carbocycles. The highest BCUT2D eigenvalue weighted by molar-refractivity contribution is 7.90. The van der Waals surface area contributed by atoms with Crippen LogP contribution in [0.2, 0.25) is 5.02 Å². The molecule has 1 aliphatic heterocycles. The molecule has 144 valence electrons. The Kier molecular flexibility index (Phi) is 5.57. The Balaban J connectivity index is 1.78. The Bertz CT molecular complexity index is 956. The van der Waals surface area contributed by atoms with Crippen molar-refractivity contribution in [2.24, 2.45) is 0 Å². The molecule has 0 N–H and O–H groups in total. The van der Waals surface area contributed by atoms with Gasteiger partial charge in [-0.15, -0.1) is 0 Å². The largest absolute Gasteiger partial charge is 0.489 e. The fourth-order valence-corrected chi connectivity index (χ4v) is 4.22. The predicted octanol–water partition coefficient (Wildman–Crippen LogP) is 3.70. The van der Waals surface area contributed by atoms with E-state index < -0.39 is 14.8 Å². The van der Waals surface area contributed by atoms with Crippen LogP contribution in [-0.2, 0) is 9.84 Å². The van der Waals surface area contributed by atoms with E-state index in [1.807, 2.05) is 17.0 Å². The van der Waals surface area contributed by atoms with Crippen LogP contribution in [0.15, 0.2) is 47.4 Å². The minimum absolute atomic E-state index is 0.0571. The zero-order valence-electron chi connectivity index (χ0n) is 14.7. The van der Waals surface area contributed by atoms with Gasteiger partial charge >= 0.3 is 5.69 Å². The third-order valence-electron chi connectivity index (χ3n) is 4.47. The highest BCUT2D eigenvalue weighted by Gasteiger charge is 2.31. The molecule has 1 aliphatic rings. The number of nitro benzene ring substituents is 1. The first-order valence-electron chi connectivity index (χ1n) is 8.41. The van der Waals surface area contributed by atoms with Crippen molar-refractivity contribution in [1.82, 2.24) is 0 Å². The highest BCUT2D eigenvalue weighted by Crippen LogP contribution is 2.36. The Morgan fingerprint density at radius 3 is 2.41 bits per heavy atom. The van der Waals surface area contributed by atoms with Crippen molar-refractivity contribution in [3.63, 3.8) is 0 Å². The van der Waals surface area contributed by atoms with E-state index in [1.165, 1.54) is 12.1 Å². The van der Waals surface area contributed by atoms with Crippen LogP contribution < -0.4 is 9.64 Å². The number of ether oxygens (including phenoxy) is 1. The molecule has 0 bridgehead atoms. The first kappa shape index (κ1) is 19.4. The highest BCUT2D eigenvalue weighted by atomic mass is 35.5. The molecule has 7 nitrogen and oxygen atoms in total. The summed E-state index contributed by atoms with van der Waals surface area (Å²) in [5.74, 6) is 0.614. The van der Waals surface area contributed by atoms with Crippen molar-refractivity contribution in [1.29, 1.82) is 0 Å². The Labute approximate surface area is 162 Å². The summed E-state index contributed by atoms with van der Waals surface area (Å²) in [4.78, 5) is 12.5. The van der Waals surface area contributed by atoms with Crippen LogP contribution in [0.4, 0.5) is 11.4 Å². The molecule has 1 saturated heterocycles. The number of nitrogens with zero attached hydrogens (tertiary/aromatic N) is 2. The second kappa shape index (κ2) is 7.74. The lowest BCUT2D eigenvalue weighted by molar-refractivity contribution is -0.387. The third-order valence-corrected chi connectivity index (χ3v) is 5.91. The molecule has 2 aromatic carbocycles. The zero-order chi connectivity index (χ0) is 19.6. The van der Waals surface area contributed by atoms with E-state index in [0.717, 1.165) is 6.26 Å². The SMILES string of the molecule is CS(=O)(=O)c1cccc(N2CCC(Oc3ccccc3Cl)CC2)c1[N+](=O)[O-]. The number of hydrogen-bond donors (Lipinski definition) is 0. The minimum atomic E-state index is -3.70. The number of benzene rings is 2. The lowest BCUT2D eigenvalue weighted by Gasteiger charge is -2.33. The van der Waals surface area contributed by atoms with Gasteiger partial charge in [-0.3, -0.25) is 10.1 Å². The van der Waals surface area contributed by atoms with E-state index in [4.69, 9.17) is 16.3 Å². The normalized spacial score (nSPS) is 15.6. The molecule has 0 spiro atoms. The molecule has 0 radical (unpaired) electrons. The maximum Gasteiger partial charge on any atom is 0.311 e. The summed E-state index contributed by atoms with van der Waals surface area (Å²) < 4.78 is 29.8. The van der Waals surface area contributed by atoms with Crippen molar-refractivity contribution >= 4 is 32.8 Å². The summed E-state index contributed by atoms with van der Waals surface area (Å²) in [6, 6.07) is 11.6. The summed E-state index contributed by atoms with van der Waals surface area (Å²) in [6.07, 6.45) is 2.21. The molecule has 0 aromatic heterocycles. The van der Waals surface area contributed by atoms with Crippen molar-refractivity contribution < 1.29 is 18.1 Å². The lowest BCUT2D eigenvalue weighted by Crippen LogP contribution is -2.38. The molecule has 0 aliphatic carbocycles. The number of anilines is 1. The van der Waals surface area contributed by atoms with E-state index >= 15 is 0 Å². The Morgan fingerprint density at radius 1 is 1.15 bits per heavy atom. The molecule has 3 rings (SSSR count). The minimum Gasteiger partial charge on any atom is -0.489 e. The molecule has 0 unspecified atom stereocenters. The van der Waals surface area contributed by atoms with Gasteiger partial charge in [-0.2, -0.15) is 0 Å². The van der Waals surface area contributed by atoms with Gasteiger partial charge in [0.25, 0.3) is 0 Å². The van der Waals surface area contributed by atoms with E-state index in [9.17, 15) is 18.5 Å². The van der Waals surface area contributed by atoms with Gasteiger partial charge in [-0.1, -0.05) is 29.8 Å². The van der Waals surface area contributed by atoms with Gasteiger partial charge in [0, 0.05) is 32.2 Å². The average molecular weight is 411 g/mol. The number of nitro groups is 1.